The topological polar surface area (TPSA) is 98.7 Å². The van der Waals surface area contributed by atoms with E-state index >= 15 is 0 Å². The number of ether oxygens (including phenoxy) is 1. The molecule has 6 rings (SSSR count). The van der Waals surface area contributed by atoms with Gasteiger partial charge < -0.3 is 14.5 Å². The van der Waals surface area contributed by atoms with Crippen LogP contribution in [0.2, 0.25) is 15.1 Å². The maximum Gasteiger partial charge on any atom is 0.282 e. The third-order valence-corrected chi connectivity index (χ3v) is 7.58. The number of hydrogen-bond donors (Lipinski definition) is 1. The van der Waals surface area contributed by atoms with Gasteiger partial charge in [-0.3, -0.25) is 9.59 Å². The smallest absolute Gasteiger partial charge is 0.282 e. The van der Waals surface area contributed by atoms with Gasteiger partial charge in [0.25, 0.3) is 11.5 Å². The number of amides is 1. The highest BCUT2D eigenvalue weighted by Gasteiger charge is 2.17. The molecule has 2 aromatic heterocycles. The second-order valence-corrected chi connectivity index (χ2v) is 11.4. The largest absolute Gasteiger partial charge is 0.481 e. The number of aromatic nitrogens is 2. The molecule has 0 aliphatic carbocycles. The van der Waals surface area contributed by atoms with Crippen molar-refractivity contribution in [3.63, 3.8) is 0 Å². The molecular formula is C31H18BrCl3N4O4. The first-order valence-electron chi connectivity index (χ1n) is 12.7. The molecule has 0 saturated heterocycles. The Bertz CT molecular complexity index is 2090. The van der Waals surface area contributed by atoms with Gasteiger partial charge in [0.2, 0.25) is 5.82 Å². The minimum Gasteiger partial charge on any atom is -0.481 e. The minimum absolute atomic E-state index is 0.130. The van der Waals surface area contributed by atoms with Gasteiger partial charge in [-0.15, -0.1) is 0 Å². The van der Waals surface area contributed by atoms with Crippen molar-refractivity contribution in [3.8, 4) is 17.3 Å². The van der Waals surface area contributed by atoms with Gasteiger partial charge >= 0.3 is 0 Å². The molecule has 0 fully saturated rings. The summed E-state index contributed by atoms with van der Waals surface area (Å²) in [7, 11) is 0. The predicted molar refractivity (Wildman–Crippen MR) is 174 cm³/mol. The Hall–Kier alpha value is -4.15. The Morgan fingerprint density at radius 2 is 1.74 bits per heavy atom. The van der Waals surface area contributed by atoms with Crippen molar-refractivity contribution >= 4 is 90.4 Å². The van der Waals surface area contributed by atoms with Crippen LogP contribution in [0.4, 0.5) is 5.69 Å². The van der Waals surface area contributed by atoms with E-state index in [2.05, 4.69) is 31.3 Å². The van der Waals surface area contributed by atoms with Gasteiger partial charge in [-0.05, 0) is 78.4 Å². The van der Waals surface area contributed by atoms with Crippen molar-refractivity contribution in [2.75, 3.05) is 11.9 Å². The molecule has 8 nitrogen and oxygen atoms in total. The van der Waals surface area contributed by atoms with Crippen molar-refractivity contribution in [1.82, 2.24) is 9.66 Å². The van der Waals surface area contributed by atoms with Crippen molar-refractivity contribution in [1.29, 1.82) is 0 Å². The Kier molecular flexibility index (Phi) is 8.23. The zero-order valence-corrected chi connectivity index (χ0v) is 25.7. The lowest BCUT2D eigenvalue weighted by molar-refractivity contribution is -0.118. The molecule has 214 valence electrons. The second kappa shape index (κ2) is 12.2. The van der Waals surface area contributed by atoms with Crippen LogP contribution in [-0.2, 0) is 4.79 Å². The Labute approximate surface area is 267 Å². The molecular weight excluding hydrogens is 679 g/mol. The lowest BCUT2D eigenvalue weighted by Crippen LogP contribution is -2.20. The van der Waals surface area contributed by atoms with E-state index < -0.39 is 5.91 Å². The van der Waals surface area contributed by atoms with Gasteiger partial charge in [-0.2, -0.15) is 9.78 Å². The molecule has 2 heterocycles. The number of fused-ring (bicyclic) bond motifs is 2. The lowest BCUT2D eigenvalue weighted by atomic mass is 10.2. The third kappa shape index (κ3) is 6.30. The fraction of sp³-hybridized carbons (Fsp3) is 0.0323. The van der Waals surface area contributed by atoms with Gasteiger partial charge in [0.05, 0.1) is 27.2 Å². The Balaban J connectivity index is 1.29. The van der Waals surface area contributed by atoms with Crippen LogP contribution < -0.4 is 15.6 Å². The van der Waals surface area contributed by atoms with Crippen LogP contribution in [0.3, 0.4) is 0 Å². The summed E-state index contributed by atoms with van der Waals surface area (Å²) in [6, 6.07) is 24.2. The van der Waals surface area contributed by atoms with Gasteiger partial charge in [0.1, 0.15) is 5.58 Å². The standard InChI is InChI=1S/C31H18BrCl3N4O4/c32-19-5-10-26-18(13-19)14-27(43-26)30-38-25-4-2-1-3-22(25)31(41)39(30)36-15-17-11-23(34)29(24(35)12-17)42-16-28(40)37-21-8-6-20(33)7-9-21/h1-15H,16H2,(H,37,40). The van der Waals surface area contributed by atoms with E-state index in [9.17, 15) is 9.59 Å². The van der Waals surface area contributed by atoms with E-state index in [1.165, 1.54) is 10.9 Å². The molecule has 0 aliphatic rings. The third-order valence-electron chi connectivity index (χ3n) is 6.27. The number of nitrogens with one attached hydrogen (secondary N) is 1. The summed E-state index contributed by atoms with van der Waals surface area (Å²) >= 11 is 22.3. The van der Waals surface area contributed by atoms with Crippen LogP contribution in [0, 0.1) is 0 Å². The fourth-order valence-electron chi connectivity index (χ4n) is 4.30. The fourth-order valence-corrected chi connectivity index (χ4v) is 5.42. The molecule has 1 amide bonds. The first-order chi connectivity index (χ1) is 20.7. The van der Waals surface area contributed by atoms with Crippen LogP contribution in [0.5, 0.6) is 5.75 Å². The number of carbonyl (C=O) groups excluding carboxylic acids is 1. The number of furan rings is 1. The Morgan fingerprint density at radius 3 is 2.51 bits per heavy atom. The SMILES string of the molecule is O=C(COc1c(Cl)cc(C=Nn2c(-c3cc4cc(Br)ccc4o3)nc3ccccc3c2=O)cc1Cl)Nc1ccc(Cl)cc1. The predicted octanol–water partition coefficient (Wildman–Crippen LogP) is 8.43. The van der Waals surface area contributed by atoms with Gasteiger partial charge in [-0.25, -0.2) is 4.98 Å². The summed E-state index contributed by atoms with van der Waals surface area (Å²) in [5.41, 5.74) is 1.79. The van der Waals surface area contributed by atoms with E-state index in [0.717, 1.165) is 9.86 Å². The summed E-state index contributed by atoms with van der Waals surface area (Å²) in [5, 5.41) is 9.22. The van der Waals surface area contributed by atoms with Gasteiger partial charge in [-0.1, -0.05) is 62.9 Å². The Morgan fingerprint density at radius 1 is 1.00 bits per heavy atom. The molecule has 0 unspecified atom stereocenters. The molecule has 6 aromatic rings. The average molecular weight is 697 g/mol. The molecule has 0 aliphatic heterocycles. The molecule has 0 saturated carbocycles. The molecule has 0 radical (unpaired) electrons. The highest BCUT2D eigenvalue weighted by molar-refractivity contribution is 9.10. The summed E-state index contributed by atoms with van der Waals surface area (Å²) in [5.74, 6) is 0.306. The molecule has 0 atom stereocenters. The van der Waals surface area contributed by atoms with Crippen LogP contribution in [-0.4, -0.2) is 28.4 Å². The number of hydrogen-bond acceptors (Lipinski definition) is 6. The zero-order valence-electron chi connectivity index (χ0n) is 21.9. The highest BCUT2D eigenvalue weighted by atomic mass is 79.9. The number of carbonyl (C=O) groups is 1. The molecule has 0 bridgehead atoms. The van der Waals surface area contributed by atoms with Crippen molar-refractivity contribution < 1.29 is 13.9 Å². The van der Waals surface area contributed by atoms with Crippen molar-refractivity contribution in [2.24, 2.45) is 5.10 Å². The number of halogens is 4. The summed E-state index contributed by atoms with van der Waals surface area (Å²) in [6.07, 6.45) is 1.43. The number of nitrogens with zero attached hydrogens (tertiary/aromatic N) is 3. The quantitative estimate of drug-likeness (QED) is 0.169. The lowest BCUT2D eigenvalue weighted by Gasteiger charge is -2.11. The minimum atomic E-state index is -0.409. The van der Waals surface area contributed by atoms with E-state index in [4.69, 9.17) is 44.0 Å². The zero-order chi connectivity index (χ0) is 30.1. The molecule has 43 heavy (non-hydrogen) atoms. The van der Waals surface area contributed by atoms with E-state index in [1.807, 2.05) is 18.2 Å². The van der Waals surface area contributed by atoms with Crippen LogP contribution in [0.15, 0.2) is 104 Å². The highest BCUT2D eigenvalue weighted by Crippen LogP contribution is 2.34. The number of anilines is 1. The van der Waals surface area contributed by atoms with Crippen molar-refractivity contribution in [2.45, 2.75) is 0 Å². The normalized spacial score (nSPS) is 11.4. The monoisotopic (exact) mass is 694 g/mol. The van der Waals surface area contributed by atoms with Gasteiger partial charge in [0, 0.05) is 20.6 Å². The summed E-state index contributed by atoms with van der Waals surface area (Å²) in [6.45, 7) is -0.328. The van der Waals surface area contributed by atoms with Crippen LogP contribution in [0.1, 0.15) is 5.56 Å². The van der Waals surface area contributed by atoms with E-state index in [0.29, 0.717) is 38.5 Å². The number of para-hydroxylation sites is 1. The van der Waals surface area contributed by atoms with E-state index in [-0.39, 0.29) is 33.8 Å². The van der Waals surface area contributed by atoms with E-state index in [1.54, 1.807) is 66.7 Å². The second-order valence-electron chi connectivity index (χ2n) is 9.26. The maximum absolute atomic E-state index is 13.5. The molecule has 4 aromatic carbocycles. The van der Waals surface area contributed by atoms with Crippen LogP contribution >= 0.6 is 50.7 Å². The van der Waals surface area contributed by atoms with Gasteiger partial charge in [0.15, 0.2) is 18.1 Å². The summed E-state index contributed by atoms with van der Waals surface area (Å²) in [4.78, 5) is 30.6. The summed E-state index contributed by atoms with van der Waals surface area (Å²) < 4.78 is 13.7. The molecule has 1 N–H and O–H groups in total. The first kappa shape index (κ1) is 28.9. The average Bonchev–Trinajstić information content (AvgIpc) is 3.40. The first-order valence-corrected chi connectivity index (χ1v) is 14.6. The van der Waals surface area contributed by atoms with Crippen LogP contribution in [0.25, 0.3) is 33.5 Å². The molecule has 0 spiro atoms. The maximum atomic E-state index is 13.5. The van der Waals surface area contributed by atoms with Crippen molar-refractivity contribution in [3.05, 3.63) is 120 Å². The number of rotatable bonds is 7. The number of benzene rings is 4. The molecule has 12 heteroatoms.